The van der Waals surface area contributed by atoms with Gasteiger partial charge in [0.25, 0.3) is 5.69 Å². The van der Waals surface area contributed by atoms with Gasteiger partial charge >= 0.3 is 0 Å². The molecule has 0 aliphatic carbocycles. The van der Waals surface area contributed by atoms with E-state index in [1.165, 1.54) is 19.2 Å². The van der Waals surface area contributed by atoms with Gasteiger partial charge in [-0.3, -0.25) is 10.1 Å². The zero-order valence-electron chi connectivity index (χ0n) is 15.2. The lowest BCUT2D eigenvalue weighted by atomic mass is 10.2. The van der Waals surface area contributed by atoms with E-state index >= 15 is 0 Å². The molecule has 9 nitrogen and oxygen atoms in total. The molecule has 0 radical (unpaired) electrons. The zero-order valence-corrected chi connectivity index (χ0v) is 16.0. The van der Waals surface area contributed by atoms with Crippen molar-refractivity contribution < 1.29 is 22.8 Å². The van der Waals surface area contributed by atoms with Crippen molar-refractivity contribution in [2.24, 2.45) is 0 Å². The third-order valence-corrected chi connectivity index (χ3v) is 4.98. The second-order valence-corrected chi connectivity index (χ2v) is 7.18. The van der Waals surface area contributed by atoms with Crippen molar-refractivity contribution in [1.82, 2.24) is 4.72 Å². The summed E-state index contributed by atoms with van der Waals surface area (Å²) in [6, 6.07) is 8.69. The molecular weight excluding hydrogens is 374 g/mol. The Balaban J connectivity index is 2.42. The van der Waals surface area contributed by atoms with Crippen LogP contribution in [-0.4, -0.2) is 33.6 Å². The molecule has 0 fully saturated rings. The average molecular weight is 395 g/mol. The van der Waals surface area contributed by atoms with E-state index in [1.54, 1.807) is 18.2 Å². The van der Waals surface area contributed by atoms with E-state index in [2.05, 4.69) is 10.0 Å². The molecule has 0 aromatic heterocycles. The first-order valence-electron chi connectivity index (χ1n) is 8.21. The topological polar surface area (TPSA) is 120 Å². The molecule has 2 aromatic carbocycles. The highest BCUT2D eigenvalue weighted by Gasteiger charge is 2.21. The molecule has 0 saturated heterocycles. The molecule has 146 valence electrons. The second-order valence-electron chi connectivity index (χ2n) is 5.30. The van der Waals surface area contributed by atoms with Crippen LogP contribution < -0.4 is 19.5 Å². The van der Waals surface area contributed by atoms with Gasteiger partial charge in [0.05, 0.1) is 23.0 Å². The largest absolute Gasteiger partial charge is 0.490 e. The summed E-state index contributed by atoms with van der Waals surface area (Å²) in [4.78, 5) is 10.6. The van der Waals surface area contributed by atoms with E-state index in [0.717, 1.165) is 6.07 Å². The highest BCUT2D eigenvalue weighted by atomic mass is 32.2. The molecule has 0 aliphatic heterocycles. The fraction of sp³-hybridized carbons (Fsp3) is 0.294. The molecule has 0 aliphatic rings. The number of anilines is 2. The van der Waals surface area contributed by atoms with Crippen LogP contribution in [0.15, 0.2) is 41.3 Å². The maximum Gasteiger partial charge on any atom is 0.294 e. The Morgan fingerprint density at radius 1 is 1.04 bits per heavy atom. The number of benzene rings is 2. The Labute approximate surface area is 157 Å². The van der Waals surface area contributed by atoms with Crippen LogP contribution in [0, 0.1) is 10.1 Å². The zero-order chi connectivity index (χ0) is 20.0. The summed E-state index contributed by atoms with van der Waals surface area (Å²) >= 11 is 0. The predicted molar refractivity (Wildman–Crippen MR) is 101 cm³/mol. The van der Waals surface area contributed by atoms with Crippen molar-refractivity contribution in [1.29, 1.82) is 0 Å². The van der Waals surface area contributed by atoms with Crippen molar-refractivity contribution in [2.75, 3.05) is 25.6 Å². The van der Waals surface area contributed by atoms with E-state index in [1.807, 2.05) is 13.8 Å². The lowest BCUT2D eigenvalue weighted by Gasteiger charge is -2.14. The van der Waals surface area contributed by atoms with Gasteiger partial charge in [0, 0.05) is 17.8 Å². The van der Waals surface area contributed by atoms with E-state index in [4.69, 9.17) is 9.47 Å². The number of nitrogens with zero attached hydrogens (tertiary/aromatic N) is 1. The van der Waals surface area contributed by atoms with Crippen LogP contribution >= 0.6 is 0 Å². The van der Waals surface area contributed by atoms with Gasteiger partial charge in [0.2, 0.25) is 10.0 Å². The fourth-order valence-corrected chi connectivity index (χ4v) is 3.09. The van der Waals surface area contributed by atoms with Gasteiger partial charge in [-0.25, -0.2) is 13.1 Å². The molecule has 0 amide bonds. The second kappa shape index (κ2) is 8.69. The first kappa shape index (κ1) is 20.5. The van der Waals surface area contributed by atoms with Gasteiger partial charge in [-0.15, -0.1) is 0 Å². The highest BCUT2D eigenvalue weighted by molar-refractivity contribution is 7.89. The van der Waals surface area contributed by atoms with Gasteiger partial charge in [0.15, 0.2) is 11.5 Å². The average Bonchev–Trinajstić information content (AvgIpc) is 2.64. The molecule has 0 saturated carbocycles. The monoisotopic (exact) mass is 395 g/mol. The lowest BCUT2D eigenvalue weighted by molar-refractivity contribution is -0.384. The maximum absolute atomic E-state index is 11.9. The number of hydrogen-bond donors (Lipinski definition) is 2. The number of nitrogens with one attached hydrogen (secondary N) is 2. The van der Waals surface area contributed by atoms with Crippen LogP contribution in [0.3, 0.4) is 0 Å². The predicted octanol–water partition coefficient (Wildman–Crippen LogP) is 3.04. The Morgan fingerprint density at radius 2 is 1.70 bits per heavy atom. The van der Waals surface area contributed by atoms with Gasteiger partial charge in [-0.1, -0.05) is 0 Å². The molecule has 0 atom stereocenters. The van der Waals surface area contributed by atoms with Gasteiger partial charge in [-0.05, 0) is 45.2 Å². The molecule has 10 heteroatoms. The van der Waals surface area contributed by atoms with E-state index < -0.39 is 14.9 Å². The number of nitro groups is 1. The van der Waals surface area contributed by atoms with Gasteiger partial charge in [0.1, 0.15) is 5.69 Å². The molecule has 0 spiro atoms. The number of sulfonamides is 1. The summed E-state index contributed by atoms with van der Waals surface area (Å²) in [5, 5.41) is 14.3. The Bertz CT molecular complexity index is 930. The molecule has 2 N–H and O–H groups in total. The van der Waals surface area contributed by atoms with Crippen molar-refractivity contribution in [3.8, 4) is 11.5 Å². The maximum atomic E-state index is 11.9. The minimum atomic E-state index is -3.79. The third kappa shape index (κ3) is 4.86. The third-order valence-electron chi connectivity index (χ3n) is 3.57. The summed E-state index contributed by atoms with van der Waals surface area (Å²) in [7, 11) is -2.55. The van der Waals surface area contributed by atoms with Crippen molar-refractivity contribution in [3.63, 3.8) is 0 Å². The fourth-order valence-electron chi connectivity index (χ4n) is 2.34. The molecule has 27 heavy (non-hydrogen) atoms. The minimum Gasteiger partial charge on any atom is -0.490 e. The van der Waals surface area contributed by atoms with Crippen molar-refractivity contribution in [3.05, 3.63) is 46.5 Å². The number of hydrogen-bond acceptors (Lipinski definition) is 7. The molecule has 2 rings (SSSR count). The molecular formula is C17H21N3O6S. The van der Waals surface area contributed by atoms with Gasteiger partial charge in [-0.2, -0.15) is 0 Å². The standard InChI is InChI=1S/C17H21N3O6S/c1-4-25-16-9-6-12(10-17(16)26-5-2)19-14-8-7-13(27(23,24)18-3)11-15(14)20(21)22/h6-11,18-19H,4-5H2,1-3H3. The van der Waals surface area contributed by atoms with Crippen LogP contribution in [-0.2, 0) is 10.0 Å². The Hall–Kier alpha value is -2.85. The normalized spacial score (nSPS) is 11.1. The first-order valence-corrected chi connectivity index (χ1v) is 9.69. The first-order chi connectivity index (χ1) is 12.8. The summed E-state index contributed by atoms with van der Waals surface area (Å²) in [5.74, 6) is 1.07. The number of ether oxygens (including phenoxy) is 2. The van der Waals surface area contributed by atoms with Gasteiger partial charge < -0.3 is 14.8 Å². The quantitative estimate of drug-likeness (QED) is 0.494. The van der Waals surface area contributed by atoms with Crippen molar-refractivity contribution >= 4 is 27.1 Å². The molecule has 0 bridgehead atoms. The molecule has 0 heterocycles. The van der Waals surface area contributed by atoms with E-state index in [9.17, 15) is 18.5 Å². The minimum absolute atomic E-state index is 0.154. The number of rotatable bonds is 9. The van der Waals surface area contributed by atoms with E-state index in [0.29, 0.717) is 30.4 Å². The molecule has 2 aromatic rings. The van der Waals surface area contributed by atoms with Crippen molar-refractivity contribution in [2.45, 2.75) is 18.7 Å². The van der Waals surface area contributed by atoms with Crippen LogP contribution in [0.4, 0.5) is 17.1 Å². The Morgan fingerprint density at radius 3 is 2.30 bits per heavy atom. The number of nitro benzene ring substituents is 1. The van der Waals surface area contributed by atoms with Crippen LogP contribution in [0.25, 0.3) is 0 Å². The van der Waals surface area contributed by atoms with Crippen LogP contribution in [0.2, 0.25) is 0 Å². The lowest BCUT2D eigenvalue weighted by Crippen LogP contribution is -2.18. The summed E-state index contributed by atoms with van der Waals surface area (Å²) < 4.78 is 36.9. The molecule has 0 unspecified atom stereocenters. The van der Waals surface area contributed by atoms with Crippen LogP contribution in [0.1, 0.15) is 13.8 Å². The smallest absolute Gasteiger partial charge is 0.294 e. The van der Waals surface area contributed by atoms with Crippen LogP contribution in [0.5, 0.6) is 11.5 Å². The SMILES string of the molecule is CCOc1ccc(Nc2ccc(S(=O)(=O)NC)cc2[N+](=O)[O-])cc1OCC. The summed E-state index contributed by atoms with van der Waals surface area (Å²) in [5.41, 5.74) is 0.328. The Kier molecular flexibility index (Phi) is 6.59. The van der Waals surface area contributed by atoms with E-state index in [-0.39, 0.29) is 16.3 Å². The highest BCUT2D eigenvalue weighted by Crippen LogP contribution is 2.34. The summed E-state index contributed by atoms with van der Waals surface area (Å²) in [6.45, 7) is 4.59. The summed E-state index contributed by atoms with van der Waals surface area (Å²) in [6.07, 6.45) is 0.